The van der Waals surface area contributed by atoms with E-state index in [0.717, 1.165) is 12.0 Å². The molecule has 0 aliphatic rings. The third kappa shape index (κ3) is 1.86. The van der Waals surface area contributed by atoms with Crippen LogP contribution in [-0.2, 0) is 5.60 Å². The highest BCUT2D eigenvalue weighted by Gasteiger charge is 2.19. The zero-order chi connectivity index (χ0) is 9.19. The molecule has 0 aromatic heterocycles. The van der Waals surface area contributed by atoms with E-state index in [1.165, 1.54) is 5.56 Å². The predicted molar refractivity (Wildman–Crippen MR) is 51.0 cm³/mol. The van der Waals surface area contributed by atoms with Crippen molar-refractivity contribution in [3.8, 4) is 0 Å². The molecule has 1 aromatic rings. The van der Waals surface area contributed by atoms with Gasteiger partial charge in [0.1, 0.15) is 0 Å². The van der Waals surface area contributed by atoms with E-state index in [9.17, 15) is 5.11 Å². The van der Waals surface area contributed by atoms with Crippen molar-refractivity contribution in [2.75, 3.05) is 0 Å². The van der Waals surface area contributed by atoms with Crippen molar-refractivity contribution in [1.29, 1.82) is 0 Å². The summed E-state index contributed by atoms with van der Waals surface area (Å²) < 4.78 is 0. The van der Waals surface area contributed by atoms with Gasteiger partial charge in [-0.15, -0.1) is 0 Å². The minimum absolute atomic E-state index is 0.675. The van der Waals surface area contributed by atoms with E-state index < -0.39 is 5.60 Å². The smallest absolute Gasteiger partial charge is 0.0866 e. The van der Waals surface area contributed by atoms with E-state index >= 15 is 0 Å². The molecule has 0 aliphatic carbocycles. The minimum atomic E-state index is -0.675. The monoisotopic (exact) mass is 164 g/mol. The van der Waals surface area contributed by atoms with Crippen LogP contribution >= 0.6 is 0 Å². The van der Waals surface area contributed by atoms with Crippen LogP contribution in [0.25, 0.3) is 0 Å². The number of aliphatic hydroxyl groups is 1. The van der Waals surface area contributed by atoms with Crippen molar-refractivity contribution in [2.24, 2.45) is 0 Å². The molecule has 0 amide bonds. The Labute approximate surface area is 74.1 Å². The molecular formula is C11H16O. The van der Waals surface area contributed by atoms with E-state index in [1.54, 1.807) is 0 Å². The first-order chi connectivity index (χ1) is 5.56. The largest absolute Gasteiger partial charge is 0.385 e. The van der Waals surface area contributed by atoms with Crippen LogP contribution in [0.1, 0.15) is 31.4 Å². The van der Waals surface area contributed by atoms with E-state index in [4.69, 9.17) is 0 Å². The van der Waals surface area contributed by atoms with Gasteiger partial charge in [0.2, 0.25) is 0 Å². The molecule has 1 N–H and O–H groups in total. The maximum Gasteiger partial charge on any atom is 0.0866 e. The van der Waals surface area contributed by atoms with Gasteiger partial charge < -0.3 is 5.11 Å². The SMILES string of the molecule is CCC(C)(O)c1cccc(C)c1. The van der Waals surface area contributed by atoms with Crippen LogP contribution in [-0.4, -0.2) is 5.11 Å². The first-order valence-corrected chi connectivity index (χ1v) is 4.36. The zero-order valence-electron chi connectivity index (χ0n) is 7.96. The van der Waals surface area contributed by atoms with Crippen LogP contribution in [0, 0.1) is 6.92 Å². The average Bonchev–Trinajstić information content (AvgIpc) is 2.05. The van der Waals surface area contributed by atoms with Gasteiger partial charge >= 0.3 is 0 Å². The number of benzene rings is 1. The Kier molecular flexibility index (Phi) is 2.53. The topological polar surface area (TPSA) is 20.2 Å². The van der Waals surface area contributed by atoms with Crippen LogP contribution in [0.4, 0.5) is 0 Å². The molecule has 0 fully saturated rings. The molecule has 0 spiro atoms. The fraction of sp³-hybridized carbons (Fsp3) is 0.455. The highest BCUT2D eigenvalue weighted by molar-refractivity contribution is 5.26. The van der Waals surface area contributed by atoms with E-state index in [2.05, 4.69) is 0 Å². The molecule has 12 heavy (non-hydrogen) atoms. The van der Waals surface area contributed by atoms with Crippen LogP contribution in [0.15, 0.2) is 24.3 Å². The molecule has 1 rings (SSSR count). The summed E-state index contributed by atoms with van der Waals surface area (Å²) in [6, 6.07) is 8.02. The molecule has 0 heterocycles. The van der Waals surface area contributed by atoms with Crippen molar-refractivity contribution >= 4 is 0 Å². The van der Waals surface area contributed by atoms with Gasteiger partial charge in [0.15, 0.2) is 0 Å². The van der Waals surface area contributed by atoms with Crippen molar-refractivity contribution < 1.29 is 5.11 Å². The number of hydrogen-bond donors (Lipinski definition) is 1. The maximum atomic E-state index is 9.92. The Morgan fingerprint density at radius 3 is 2.58 bits per heavy atom. The van der Waals surface area contributed by atoms with Gasteiger partial charge in [0.05, 0.1) is 5.60 Å². The summed E-state index contributed by atoms with van der Waals surface area (Å²) >= 11 is 0. The van der Waals surface area contributed by atoms with E-state index in [-0.39, 0.29) is 0 Å². The predicted octanol–water partition coefficient (Wildman–Crippen LogP) is 2.61. The Bertz CT molecular complexity index is 263. The molecule has 0 saturated heterocycles. The third-order valence-corrected chi connectivity index (χ3v) is 2.33. The van der Waals surface area contributed by atoms with Gasteiger partial charge in [-0.1, -0.05) is 36.8 Å². The second-order valence-corrected chi connectivity index (χ2v) is 3.50. The van der Waals surface area contributed by atoms with E-state index in [1.807, 2.05) is 45.0 Å². The molecule has 0 radical (unpaired) electrons. The number of aryl methyl sites for hydroxylation is 1. The van der Waals surface area contributed by atoms with Gasteiger partial charge in [-0.2, -0.15) is 0 Å². The molecule has 1 unspecified atom stereocenters. The van der Waals surface area contributed by atoms with Gasteiger partial charge in [-0.25, -0.2) is 0 Å². The molecule has 1 heteroatoms. The quantitative estimate of drug-likeness (QED) is 0.712. The van der Waals surface area contributed by atoms with Gasteiger partial charge in [-0.05, 0) is 25.8 Å². The third-order valence-electron chi connectivity index (χ3n) is 2.33. The lowest BCUT2D eigenvalue weighted by Crippen LogP contribution is -2.19. The number of rotatable bonds is 2. The van der Waals surface area contributed by atoms with Crippen LogP contribution in [0.2, 0.25) is 0 Å². The Morgan fingerprint density at radius 1 is 1.42 bits per heavy atom. The fourth-order valence-corrected chi connectivity index (χ4v) is 1.18. The summed E-state index contributed by atoms with van der Waals surface area (Å²) in [7, 11) is 0. The summed E-state index contributed by atoms with van der Waals surface area (Å²) in [5, 5.41) is 9.92. The van der Waals surface area contributed by atoms with Crippen molar-refractivity contribution in [3.05, 3.63) is 35.4 Å². The summed E-state index contributed by atoms with van der Waals surface area (Å²) in [6.07, 6.45) is 0.746. The normalized spacial score (nSPS) is 15.7. The molecule has 66 valence electrons. The second-order valence-electron chi connectivity index (χ2n) is 3.50. The zero-order valence-corrected chi connectivity index (χ0v) is 7.96. The fourth-order valence-electron chi connectivity index (χ4n) is 1.18. The van der Waals surface area contributed by atoms with Crippen LogP contribution in [0.5, 0.6) is 0 Å². The van der Waals surface area contributed by atoms with Crippen LogP contribution in [0.3, 0.4) is 0 Å². The Morgan fingerprint density at radius 2 is 2.08 bits per heavy atom. The van der Waals surface area contributed by atoms with E-state index in [0.29, 0.717) is 0 Å². The van der Waals surface area contributed by atoms with Crippen LogP contribution < -0.4 is 0 Å². The summed E-state index contributed by atoms with van der Waals surface area (Å²) in [5.41, 5.74) is 1.53. The Balaban J connectivity index is 3.03. The van der Waals surface area contributed by atoms with Crippen molar-refractivity contribution in [1.82, 2.24) is 0 Å². The average molecular weight is 164 g/mol. The molecule has 0 saturated carbocycles. The maximum absolute atomic E-state index is 9.92. The van der Waals surface area contributed by atoms with Crippen molar-refractivity contribution in [2.45, 2.75) is 32.8 Å². The standard InChI is InChI=1S/C11H16O/c1-4-11(3,12)10-7-5-6-9(2)8-10/h5-8,12H,4H2,1-3H3. The highest BCUT2D eigenvalue weighted by atomic mass is 16.3. The molecule has 0 bridgehead atoms. The van der Waals surface area contributed by atoms with Gasteiger partial charge in [0, 0.05) is 0 Å². The molecular weight excluding hydrogens is 148 g/mol. The molecule has 1 aromatic carbocycles. The highest BCUT2D eigenvalue weighted by Crippen LogP contribution is 2.24. The molecule has 1 atom stereocenters. The lowest BCUT2D eigenvalue weighted by atomic mass is 9.92. The molecule has 1 nitrogen and oxygen atoms in total. The summed E-state index contributed by atoms with van der Waals surface area (Å²) in [6.45, 7) is 5.87. The molecule has 0 aliphatic heterocycles. The van der Waals surface area contributed by atoms with Crippen molar-refractivity contribution in [3.63, 3.8) is 0 Å². The lowest BCUT2D eigenvalue weighted by Gasteiger charge is -2.22. The summed E-state index contributed by atoms with van der Waals surface area (Å²) in [5.74, 6) is 0. The van der Waals surface area contributed by atoms with Gasteiger partial charge in [0.25, 0.3) is 0 Å². The van der Waals surface area contributed by atoms with Gasteiger partial charge in [-0.3, -0.25) is 0 Å². The summed E-state index contributed by atoms with van der Waals surface area (Å²) in [4.78, 5) is 0. The first kappa shape index (κ1) is 9.27. The number of hydrogen-bond acceptors (Lipinski definition) is 1. The minimum Gasteiger partial charge on any atom is -0.385 e. The lowest BCUT2D eigenvalue weighted by molar-refractivity contribution is 0.0530. The Hall–Kier alpha value is -0.820. The first-order valence-electron chi connectivity index (χ1n) is 4.36. The second kappa shape index (κ2) is 3.28.